The lowest BCUT2D eigenvalue weighted by atomic mass is 9.85. The molecule has 2 N–H and O–H groups in total. The molecule has 6 heteroatoms. The van der Waals surface area contributed by atoms with Crippen LogP contribution in [0.25, 0.3) is 5.69 Å². The van der Waals surface area contributed by atoms with Crippen molar-refractivity contribution in [3.05, 3.63) is 51.8 Å². The maximum absolute atomic E-state index is 10.9. The van der Waals surface area contributed by atoms with Crippen molar-refractivity contribution in [1.29, 1.82) is 0 Å². The van der Waals surface area contributed by atoms with E-state index in [9.17, 15) is 10.1 Å². The Morgan fingerprint density at radius 2 is 2.33 bits per heavy atom. The molecule has 0 amide bonds. The maximum atomic E-state index is 10.9. The van der Waals surface area contributed by atoms with Crippen molar-refractivity contribution in [3.8, 4) is 5.69 Å². The van der Waals surface area contributed by atoms with Gasteiger partial charge in [-0.2, -0.15) is 5.10 Å². The lowest BCUT2D eigenvalue weighted by Gasteiger charge is -2.22. The molecule has 0 radical (unpaired) electrons. The summed E-state index contributed by atoms with van der Waals surface area (Å²) in [6.07, 6.45) is 6.07. The molecule has 110 valence electrons. The van der Waals surface area contributed by atoms with Gasteiger partial charge in [0.15, 0.2) is 0 Å². The fraction of sp³-hybridized carbons (Fsp3) is 0.400. The van der Waals surface area contributed by atoms with Crippen molar-refractivity contribution in [1.82, 2.24) is 9.78 Å². The van der Waals surface area contributed by atoms with Gasteiger partial charge in [0, 0.05) is 17.8 Å². The zero-order valence-electron chi connectivity index (χ0n) is 11.7. The number of rotatable bonds is 4. The summed E-state index contributed by atoms with van der Waals surface area (Å²) in [5.74, 6) is 0.464. The van der Waals surface area contributed by atoms with E-state index in [0.717, 1.165) is 31.4 Å². The SMILES string of the molecule is NCCC1CCCc2c1cnn2-c1cccc([N+](=O)[O-])c1. The summed E-state index contributed by atoms with van der Waals surface area (Å²) in [6, 6.07) is 6.62. The third kappa shape index (κ3) is 2.54. The van der Waals surface area contributed by atoms with Gasteiger partial charge in [0.2, 0.25) is 0 Å². The lowest BCUT2D eigenvalue weighted by molar-refractivity contribution is -0.384. The molecule has 1 heterocycles. The van der Waals surface area contributed by atoms with Crippen LogP contribution in [0.5, 0.6) is 0 Å². The Hall–Kier alpha value is -2.21. The van der Waals surface area contributed by atoms with Gasteiger partial charge >= 0.3 is 0 Å². The van der Waals surface area contributed by atoms with Crippen molar-refractivity contribution in [2.45, 2.75) is 31.6 Å². The highest BCUT2D eigenvalue weighted by atomic mass is 16.6. The van der Waals surface area contributed by atoms with E-state index in [1.165, 1.54) is 17.3 Å². The second-order valence-corrected chi connectivity index (χ2v) is 5.40. The molecule has 1 atom stereocenters. The van der Waals surface area contributed by atoms with Crippen LogP contribution >= 0.6 is 0 Å². The van der Waals surface area contributed by atoms with Gasteiger partial charge in [0.05, 0.1) is 16.8 Å². The molecule has 1 unspecified atom stereocenters. The van der Waals surface area contributed by atoms with Crippen molar-refractivity contribution in [2.75, 3.05) is 6.54 Å². The third-order valence-corrected chi connectivity index (χ3v) is 4.11. The number of aromatic nitrogens is 2. The molecule has 1 aromatic heterocycles. The molecular weight excluding hydrogens is 268 g/mol. The molecule has 0 aliphatic heterocycles. The highest BCUT2D eigenvalue weighted by Crippen LogP contribution is 2.34. The minimum absolute atomic E-state index is 0.0890. The summed E-state index contributed by atoms with van der Waals surface area (Å²) in [4.78, 5) is 10.5. The molecule has 2 aromatic rings. The van der Waals surface area contributed by atoms with E-state index in [2.05, 4.69) is 5.10 Å². The molecular formula is C15H18N4O2. The number of hydrogen-bond donors (Lipinski definition) is 1. The molecule has 1 aliphatic rings. The van der Waals surface area contributed by atoms with Gasteiger partial charge < -0.3 is 5.73 Å². The van der Waals surface area contributed by atoms with Crippen molar-refractivity contribution in [2.24, 2.45) is 5.73 Å². The normalized spacial score (nSPS) is 17.5. The van der Waals surface area contributed by atoms with Gasteiger partial charge in [0.1, 0.15) is 0 Å². The monoisotopic (exact) mass is 286 g/mol. The zero-order chi connectivity index (χ0) is 14.8. The highest BCUT2D eigenvalue weighted by molar-refractivity contribution is 5.45. The van der Waals surface area contributed by atoms with Crippen LogP contribution in [-0.2, 0) is 6.42 Å². The summed E-state index contributed by atoms with van der Waals surface area (Å²) >= 11 is 0. The van der Waals surface area contributed by atoms with Crippen molar-refractivity contribution >= 4 is 5.69 Å². The largest absolute Gasteiger partial charge is 0.330 e. The summed E-state index contributed by atoms with van der Waals surface area (Å²) in [7, 11) is 0. The number of nitro groups is 1. The fourth-order valence-electron chi connectivity index (χ4n) is 3.11. The van der Waals surface area contributed by atoms with E-state index in [0.29, 0.717) is 12.5 Å². The topological polar surface area (TPSA) is 87.0 Å². The number of nitrogens with two attached hydrogens (primary N) is 1. The van der Waals surface area contributed by atoms with Crippen LogP contribution in [0.2, 0.25) is 0 Å². The molecule has 0 fully saturated rings. The second-order valence-electron chi connectivity index (χ2n) is 5.40. The van der Waals surface area contributed by atoms with Crippen molar-refractivity contribution in [3.63, 3.8) is 0 Å². The van der Waals surface area contributed by atoms with E-state index in [1.54, 1.807) is 12.1 Å². The minimum atomic E-state index is -0.378. The van der Waals surface area contributed by atoms with Gasteiger partial charge in [0.25, 0.3) is 5.69 Å². The molecule has 0 bridgehead atoms. The lowest BCUT2D eigenvalue weighted by Crippen LogP contribution is -2.15. The van der Waals surface area contributed by atoms with Crippen LogP contribution in [-0.4, -0.2) is 21.2 Å². The number of fused-ring (bicyclic) bond motifs is 1. The number of non-ortho nitro benzene ring substituents is 1. The van der Waals surface area contributed by atoms with Gasteiger partial charge in [-0.25, -0.2) is 4.68 Å². The Morgan fingerprint density at radius 1 is 1.48 bits per heavy atom. The third-order valence-electron chi connectivity index (χ3n) is 4.11. The molecule has 1 aliphatic carbocycles. The first-order chi connectivity index (χ1) is 10.2. The van der Waals surface area contributed by atoms with Crippen LogP contribution < -0.4 is 5.73 Å². The molecule has 0 saturated heterocycles. The standard InChI is InChI=1S/C15H18N4O2/c16-8-7-11-3-1-6-15-14(11)10-17-18(15)12-4-2-5-13(9-12)19(20)21/h2,4-5,9-11H,1,3,6-8,16H2. The summed E-state index contributed by atoms with van der Waals surface area (Å²) < 4.78 is 1.84. The molecule has 3 rings (SSSR count). The van der Waals surface area contributed by atoms with E-state index < -0.39 is 0 Å². The predicted molar refractivity (Wildman–Crippen MR) is 79.6 cm³/mol. The summed E-state index contributed by atoms with van der Waals surface area (Å²) in [5, 5.41) is 15.4. The van der Waals surface area contributed by atoms with Crippen LogP contribution in [0.15, 0.2) is 30.5 Å². The Morgan fingerprint density at radius 3 is 3.10 bits per heavy atom. The smallest absolute Gasteiger partial charge is 0.271 e. The van der Waals surface area contributed by atoms with Crippen LogP contribution in [0, 0.1) is 10.1 Å². The Labute approximate surface area is 122 Å². The average molecular weight is 286 g/mol. The van der Waals surface area contributed by atoms with E-state index in [4.69, 9.17) is 5.73 Å². The number of nitro benzene ring substituents is 1. The van der Waals surface area contributed by atoms with Gasteiger partial charge in [-0.1, -0.05) is 6.07 Å². The van der Waals surface area contributed by atoms with E-state index in [-0.39, 0.29) is 10.6 Å². The first-order valence-electron chi connectivity index (χ1n) is 7.22. The van der Waals surface area contributed by atoms with E-state index in [1.807, 2.05) is 16.9 Å². The summed E-state index contributed by atoms with van der Waals surface area (Å²) in [6.45, 7) is 0.673. The average Bonchev–Trinajstić information content (AvgIpc) is 2.93. The second kappa shape index (κ2) is 5.65. The predicted octanol–water partition coefficient (Wildman–Crippen LogP) is 2.55. The van der Waals surface area contributed by atoms with Gasteiger partial charge in [-0.15, -0.1) is 0 Å². The quantitative estimate of drug-likeness (QED) is 0.691. The Balaban J connectivity index is 2.01. The Kier molecular flexibility index (Phi) is 3.70. The molecule has 0 spiro atoms. The number of benzene rings is 1. The summed E-state index contributed by atoms with van der Waals surface area (Å²) in [5.41, 5.74) is 8.94. The van der Waals surface area contributed by atoms with Gasteiger partial charge in [-0.05, 0) is 49.8 Å². The minimum Gasteiger partial charge on any atom is -0.330 e. The van der Waals surface area contributed by atoms with Crippen LogP contribution in [0.3, 0.4) is 0 Å². The highest BCUT2D eigenvalue weighted by Gasteiger charge is 2.24. The Bertz CT molecular complexity index is 665. The molecule has 6 nitrogen and oxygen atoms in total. The van der Waals surface area contributed by atoms with Crippen LogP contribution in [0.1, 0.15) is 36.4 Å². The van der Waals surface area contributed by atoms with E-state index >= 15 is 0 Å². The molecule has 1 aromatic carbocycles. The first-order valence-corrected chi connectivity index (χ1v) is 7.22. The van der Waals surface area contributed by atoms with Gasteiger partial charge in [-0.3, -0.25) is 10.1 Å². The first kappa shape index (κ1) is 13.8. The number of nitrogens with zero attached hydrogens (tertiary/aromatic N) is 3. The van der Waals surface area contributed by atoms with Crippen molar-refractivity contribution < 1.29 is 4.92 Å². The van der Waals surface area contributed by atoms with Crippen LogP contribution in [0.4, 0.5) is 5.69 Å². The fourth-order valence-corrected chi connectivity index (χ4v) is 3.11. The maximum Gasteiger partial charge on any atom is 0.271 e. The molecule has 0 saturated carbocycles. The molecule has 21 heavy (non-hydrogen) atoms. The zero-order valence-corrected chi connectivity index (χ0v) is 11.7. The number of hydrogen-bond acceptors (Lipinski definition) is 4.